The van der Waals surface area contributed by atoms with Crippen LogP contribution in [0.25, 0.3) is 53.9 Å². The molecule has 0 nitrogen and oxygen atoms in total. The van der Waals surface area contributed by atoms with Crippen LogP contribution in [0.4, 0.5) is 0 Å². The van der Waals surface area contributed by atoms with Gasteiger partial charge in [0, 0.05) is 0 Å². The van der Waals surface area contributed by atoms with Gasteiger partial charge in [0.1, 0.15) is 0 Å². The second-order valence-corrected chi connectivity index (χ2v) is 6.87. The third kappa shape index (κ3) is 1.74. The molecule has 0 fully saturated rings. The van der Waals surface area contributed by atoms with E-state index in [9.17, 15) is 0 Å². The van der Waals surface area contributed by atoms with Gasteiger partial charge in [-0.15, -0.1) is 0 Å². The highest BCUT2D eigenvalue weighted by Crippen LogP contribution is 2.40. The van der Waals surface area contributed by atoms with Crippen LogP contribution in [0.3, 0.4) is 0 Å². The van der Waals surface area contributed by atoms with Gasteiger partial charge in [-0.05, 0) is 59.9 Å². The van der Waals surface area contributed by atoms with Crippen molar-refractivity contribution in [1.29, 1.82) is 0 Å². The molecule has 1 radical (unpaired) electrons. The first kappa shape index (κ1) is 13.9. The molecule has 0 atom stereocenters. The summed E-state index contributed by atoms with van der Waals surface area (Å²) >= 11 is 0. The predicted molar refractivity (Wildman–Crippen MR) is 113 cm³/mol. The van der Waals surface area contributed by atoms with Gasteiger partial charge in [-0.3, -0.25) is 0 Å². The second-order valence-electron chi connectivity index (χ2n) is 6.87. The highest BCUT2D eigenvalue weighted by atomic mass is 14.1. The lowest BCUT2D eigenvalue weighted by molar-refractivity contribution is 1.77. The van der Waals surface area contributed by atoms with E-state index in [2.05, 4.69) is 91.0 Å². The van der Waals surface area contributed by atoms with Crippen LogP contribution in [0, 0.1) is 6.07 Å². The minimum absolute atomic E-state index is 1.20. The molecule has 0 amide bonds. The summed E-state index contributed by atoms with van der Waals surface area (Å²) in [7, 11) is 0. The van der Waals surface area contributed by atoms with Crippen molar-refractivity contribution in [3.05, 3.63) is 97.1 Å². The van der Waals surface area contributed by atoms with E-state index in [4.69, 9.17) is 0 Å². The van der Waals surface area contributed by atoms with Crippen molar-refractivity contribution >= 4 is 53.9 Å². The molecular formula is C26H15. The Bertz CT molecular complexity index is 1440. The zero-order valence-electron chi connectivity index (χ0n) is 14.2. The van der Waals surface area contributed by atoms with Crippen LogP contribution in [0.2, 0.25) is 0 Å². The Kier molecular flexibility index (Phi) is 2.70. The monoisotopic (exact) mass is 327 g/mol. The molecule has 0 spiro atoms. The van der Waals surface area contributed by atoms with Crippen molar-refractivity contribution in [2.24, 2.45) is 0 Å². The van der Waals surface area contributed by atoms with Gasteiger partial charge < -0.3 is 0 Å². The summed E-state index contributed by atoms with van der Waals surface area (Å²) in [6.45, 7) is 0. The van der Waals surface area contributed by atoms with Gasteiger partial charge in [0.15, 0.2) is 0 Å². The fourth-order valence-corrected chi connectivity index (χ4v) is 4.41. The van der Waals surface area contributed by atoms with Gasteiger partial charge in [-0.25, -0.2) is 0 Å². The van der Waals surface area contributed by atoms with Crippen molar-refractivity contribution < 1.29 is 0 Å². The molecule has 0 aromatic heterocycles. The maximum Gasteiger partial charge on any atom is -0.00199 e. The summed E-state index contributed by atoms with van der Waals surface area (Å²) in [4.78, 5) is 0. The van der Waals surface area contributed by atoms with Crippen molar-refractivity contribution in [3.63, 3.8) is 0 Å². The van der Waals surface area contributed by atoms with Crippen LogP contribution in [-0.4, -0.2) is 0 Å². The van der Waals surface area contributed by atoms with Crippen LogP contribution in [0.15, 0.2) is 91.0 Å². The van der Waals surface area contributed by atoms with Crippen LogP contribution in [-0.2, 0) is 0 Å². The van der Waals surface area contributed by atoms with Crippen molar-refractivity contribution in [3.8, 4) is 0 Å². The van der Waals surface area contributed by atoms with Crippen molar-refractivity contribution in [2.75, 3.05) is 0 Å². The minimum Gasteiger partial charge on any atom is -0.0616 e. The van der Waals surface area contributed by atoms with E-state index >= 15 is 0 Å². The van der Waals surface area contributed by atoms with Crippen LogP contribution >= 0.6 is 0 Å². The minimum atomic E-state index is 1.20. The molecule has 0 aliphatic heterocycles. The Morgan fingerprint density at radius 3 is 1.92 bits per heavy atom. The van der Waals surface area contributed by atoms with Gasteiger partial charge in [0.2, 0.25) is 0 Å². The lowest BCUT2D eigenvalue weighted by atomic mass is 9.90. The number of hydrogen-bond donors (Lipinski definition) is 0. The Balaban J connectivity index is 1.99. The zero-order chi connectivity index (χ0) is 17.1. The zero-order valence-corrected chi connectivity index (χ0v) is 14.2. The molecule has 0 unspecified atom stereocenters. The lowest BCUT2D eigenvalue weighted by Crippen LogP contribution is -1.86. The molecule has 0 saturated carbocycles. The molecule has 6 aromatic rings. The molecule has 0 heterocycles. The SMILES string of the molecule is [c]1cccc2c1c1ccccc1c1ccc3c4ccccc4ccc3c21. The predicted octanol–water partition coefficient (Wildman–Crippen LogP) is 7.25. The Hall–Kier alpha value is -3.38. The highest BCUT2D eigenvalue weighted by molar-refractivity contribution is 6.33. The molecule has 6 aromatic carbocycles. The van der Waals surface area contributed by atoms with Gasteiger partial charge in [0.25, 0.3) is 0 Å². The average Bonchev–Trinajstić information content (AvgIpc) is 2.73. The van der Waals surface area contributed by atoms with Gasteiger partial charge in [-0.1, -0.05) is 91.0 Å². The maximum absolute atomic E-state index is 3.49. The van der Waals surface area contributed by atoms with Crippen molar-refractivity contribution in [2.45, 2.75) is 0 Å². The molecule has 0 aliphatic carbocycles. The molecule has 0 aliphatic rings. The van der Waals surface area contributed by atoms with Crippen molar-refractivity contribution in [1.82, 2.24) is 0 Å². The van der Waals surface area contributed by atoms with E-state index in [1.54, 1.807) is 0 Å². The summed E-state index contributed by atoms with van der Waals surface area (Å²) in [5.41, 5.74) is 0. The second kappa shape index (κ2) is 5.06. The summed E-state index contributed by atoms with van der Waals surface area (Å²) in [5.74, 6) is 0. The molecule has 0 saturated heterocycles. The number of fused-ring (bicyclic) bond motifs is 10. The smallest absolute Gasteiger partial charge is 0.00199 e. The average molecular weight is 327 g/mol. The van der Waals surface area contributed by atoms with Gasteiger partial charge in [-0.2, -0.15) is 0 Å². The Morgan fingerprint density at radius 1 is 0.423 bits per heavy atom. The van der Waals surface area contributed by atoms with Crippen LogP contribution in [0.1, 0.15) is 0 Å². The Morgan fingerprint density at radius 2 is 1.04 bits per heavy atom. The summed E-state index contributed by atoms with van der Waals surface area (Å²) < 4.78 is 0. The highest BCUT2D eigenvalue weighted by Gasteiger charge is 2.11. The molecule has 0 bridgehead atoms. The third-order valence-corrected chi connectivity index (χ3v) is 5.54. The van der Waals surface area contributed by atoms with E-state index in [-0.39, 0.29) is 0 Å². The molecule has 0 heteroatoms. The number of rotatable bonds is 0. The molecule has 0 N–H and O–H groups in total. The fraction of sp³-hybridized carbons (Fsp3) is 0. The van der Waals surface area contributed by atoms with E-state index in [1.165, 1.54) is 53.9 Å². The van der Waals surface area contributed by atoms with Gasteiger partial charge >= 0.3 is 0 Å². The molecule has 26 heavy (non-hydrogen) atoms. The largest absolute Gasteiger partial charge is 0.0616 e. The summed E-state index contributed by atoms with van der Waals surface area (Å²) in [6, 6.07) is 36.2. The third-order valence-electron chi connectivity index (χ3n) is 5.54. The quantitative estimate of drug-likeness (QED) is 0.258. The lowest BCUT2D eigenvalue weighted by Gasteiger charge is -2.13. The fourth-order valence-electron chi connectivity index (χ4n) is 4.41. The maximum atomic E-state index is 3.49. The first-order valence-corrected chi connectivity index (χ1v) is 8.97. The number of benzene rings is 6. The summed E-state index contributed by atoms with van der Waals surface area (Å²) in [6.07, 6.45) is 0. The van der Waals surface area contributed by atoms with E-state index in [0.717, 1.165) is 0 Å². The van der Waals surface area contributed by atoms with Crippen LogP contribution in [0.5, 0.6) is 0 Å². The normalized spacial score (nSPS) is 11.8. The summed E-state index contributed by atoms with van der Waals surface area (Å²) in [5, 5.41) is 12.9. The first-order valence-electron chi connectivity index (χ1n) is 8.97. The Labute approximate surface area is 151 Å². The first-order chi connectivity index (χ1) is 12.9. The van der Waals surface area contributed by atoms with E-state index in [0.29, 0.717) is 0 Å². The topological polar surface area (TPSA) is 0 Å². The number of hydrogen-bond acceptors (Lipinski definition) is 0. The van der Waals surface area contributed by atoms with E-state index in [1.807, 2.05) is 6.07 Å². The molecular weight excluding hydrogens is 312 g/mol. The molecule has 119 valence electrons. The molecule has 6 rings (SSSR count). The standard InChI is InChI=1S/C26H15/c1-2-8-18-17(7-1)13-14-24-22(18)15-16-25-21-11-4-3-9-19(21)20-10-5-6-12-23(20)26(24)25/h1-9,11-16H. The van der Waals surface area contributed by atoms with E-state index < -0.39 is 0 Å². The van der Waals surface area contributed by atoms with Gasteiger partial charge in [0.05, 0.1) is 0 Å². The van der Waals surface area contributed by atoms with Crippen LogP contribution < -0.4 is 0 Å².